The smallest absolute Gasteiger partial charge is 0.265 e. The third-order valence-electron chi connectivity index (χ3n) is 6.65. The number of sulfonamides is 1. The van der Waals surface area contributed by atoms with Crippen LogP contribution in [0.15, 0.2) is 77.0 Å². The van der Waals surface area contributed by atoms with Crippen molar-refractivity contribution in [2.45, 2.75) is 12.5 Å². The van der Waals surface area contributed by atoms with E-state index in [2.05, 4.69) is 0 Å². The van der Waals surface area contributed by atoms with Crippen molar-refractivity contribution >= 4 is 21.5 Å². The van der Waals surface area contributed by atoms with Gasteiger partial charge in [0.25, 0.3) is 10.0 Å². The van der Waals surface area contributed by atoms with E-state index in [1.54, 1.807) is 48.5 Å². The Bertz CT molecular complexity index is 1660. The summed E-state index contributed by atoms with van der Waals surface area (Å²) < 4.78 is 52.0. The lowest BCUT2D eigenvalue weighted by atomic mass is 9.87. The Kier molecular flexibility index (Phi) is 6.49. The second-order valence-corrected chi connectivity index (χ2v) is 10.6. The first-order valence-electron chi connectivity index (χ1n) is 11.8. The van der Waals surface area contributed by atoms with Crippen molar-refractivity contribution in [3.8, 4) is 29.1 Å². The number of fused-ring (bicyclic) bond motifs is 2. The molecule has 0 aromatic heterocycles. The van der Waals surface area contributed by atoms with E-state index in [-0.39, 0.29) is 45.9 Å². The average molecular weight is 548 g/mol. The number of ether oxygens (including phenoxy) is 4. The summed E-state index contributed by atoms with van der Waals surface area (Å²) in [5.41, 5.74) is 7.98. The van der Waals surface area contributed by atoms with E-state index in [1.165, 1.54) is 37.8 Å². The lowest BCUT2D eigenvalue weighted by Crippen LogP contribution is -2.39. The van der Waals surface area contributed by atoms with Crippen LogP contribution < -0.4 is 24.2 Å². The predicted molar refractivity (Wildman–Crippen MR) is 143 cm³/mol. The van der Waals surface area contributed by atoms with Crippen LogP contribution in [0, 0.1) is 11.3 Å². The fourth-order valence-electron chi connectivity index (χ4n) is 4.83. The number of nitrogens with zero attached hydrogens (tertiary/aromatic N) is 2. The maximum absolute atomic E-state index is 14.5. The highest BCUT2D eigenvalue weighted by Crippen LogP contribution is 2.53. The number of benzene rings is 3. The van der Waals surface area contributed by atoms with Crippen LogP contribution in [0.4, 0.5) is 5.69 Å². The Balaban J connectivity index is 1.77. The van der Waals surface area contributed by atoms with Crippen molar-refractivity contribution in [1.82, 2.24) is 0 Å². The van der Waals surface area contributed by atoms with Gasteiger partial charge in [0.15, 0.2) is 17.3 Å². The average Bonchev–Trinajstić information content (AvgIpc) is 2.94. The number of aromatic hydroxyl groups is 1. The zero-order valence-electron chi connectivity index (χ0n) is 21.3. The number of methoxy groups -OCH3 is 3. The van der Waals surface area contributed by atoms with E-state index >= 15 is 0 Å². The molecule has 2 aliphatic heterocycles. The number of para-hydroxylation sites is 1. The molecule has 10 nitrogen and oxygen atoms in total. The first-order valence-corrected chi connectivity index (χ1v) is 13.2. The molecule has 0 saturated heterocycles. The fourth-order valence-corrected chi connectivity index (χ4v) is 6.74. The van der Waals surface area contributed by atoms with E-state index in [9.17, 15) is 18.8 Å². The number of hydrogen-bond donors (Lipinski definition) is 2. The van der Waals surface area contributed by atoms with Crippen LogP contribution in [0.25, 0.3) is 5.76 Å². The lowest BCUT2D eigenvalue weighted by molar-refractivity contribution is 0.338. The summed E-state index contributed by atoms with van der Waals surface area (Å²) in [6.45, 7) is -0.0106. The second kappa shape index (κ2) is 9.81. The summed E-state index contributed by atoms with van der Waals surface area (Å²) in [6.07, 6.45) is 0. The van der Waals surface area contributed by atoms with Crippen LogP contribution >= 0.6 is 0 Å². The SMILES string of the molecule is COc1cccc(CN2c3ccccc3C3=C([C@@H](c4cc(OC)c(O)c(OC)c4)C(C#N)=C(N)O3)S2(=O)=O)c1. The number of rotatable bonds is 6. The van der Waals surface area contributed by atoms with Gasteiger partial charge in [0.05, 0.1) is 39.5 Å². The summed E-state index contributed by atoms with van der Waals surface area (Å²) in [7, 11) is -0.0653. The van der Waals surface area contributed by atoms with Gasteiger partial charge in [-0.25, -0.2) is 8.42 Å². The Labute approximate surface area is 225 Å². The number of allylic oxidation sites excluding steroid dienone is 2. The quantitative estimate of drug-likeness (QED) is 0.469. The summed E-state index contributed by atoms with van der Waals surface area (Å²) in [5.74, 6) is -0.977. The zero-order chi connectivity index (χ0) is 27.9. The number of phenols is 1. The maximum Gasteiger partial charge on any atom is 0.265 e. The summed E-state index contributed by atoms with van der Waals surface area (Å²) >= 11 is 0. The predicted octanol–water partition coefficient (Wildman–Crippen LogP) is 3.94. The molecule has 0 aliphatic carbocycles. The van der Waals surface area contributed by atoms with Gasteiger partial charge in [-0.1, -0.05) is 24.3 Å². The van der Waals surface area contributed by atoms with Crippen molar-refractivity contribution in [1.29, 1.82) is 5.26 Å². The van der Waals surface area contributed by atoms with E-state index in [4.69, 9.17) is 24.7 Å². The molecule has 0 fully saturated rings. The molecule has 200 valence electrons. The van der Waals surface area contributed by atoms with E-state index in [0.717, 1.165) is 0 Å². The van der Waals surface area contributed by atoms with Gasteiger partial charge in [0.1, 0.15) is 22.3 Å². The first-order chi connectivity index (χ1) is 18.7. The molecule has 0 saturated carbocycles. The van der Waals surface area contributed by atoms with Crippen LogP contribution in [-0.2, 0) is 21.3 Å². The number of nitriles is 1. The van der Waals surface area contributed by atoms with E-state index in [0.29, 0.717) is 28.1 Å². The summed E-state index contributed by atoms with van der Waals surface area (Å²) in [4.78, 5) is -0.162. The van der Waals surface area contributed by atoms with Gasteiger partial charge in [-0.2, -0.15) is 5.26 Å². The van der Waals surface area contributed by atoms with Gasteiger partial charge >= 0.3 is 0 Å². The molecule has 0 unspecified atom stereocenters. The van der Waals surface area contributed by atoms with Gasteiger partial charge < -0.3 is 29.8 Å². The Morgan fingerprint density at radius 2 is 1.72 bits per heavy atom. The molecule has 3 aromatic carbocycles. The normalized spacial score (nSPS) is 17.5. The highest BCUT2D eigenvalue weighted by Gasteiger charge is 2.47. The topological polar surface area (TPSA) is 144 Å². The van der Waals surface area contributed by atoms with Crippen molar-refractivity contribution < 1.29 is 32.5 Å². The standard InChI is InChI=1S/C28H25N3O7S/c1-35-18-8-6-7-16(11-18)15-31-21-10-5-4-9-19(21)26-27(39(31,33)34)24(20(14-29)28(30)38-26)17-12-22(36-2)25(32)23(13-17)37-3/h4-13,24,32H,15,30H2,1-3H3/t24-/m0/s1. The lowest BCUT2D eigenvalue weighted by Gasteiger charge is -2.38. The van der Waals surface area contributed by atoms with E-state index in [1.807, 2.05) is 6.07 Å². The maximum atomic E-state index is 14.5. The van der Waals surface area contributed by atoms with Crippen molar-refractivity contribution in [3.63, 3.8) is 0 Å². The van der Waals surface area contributed by atoms with Crippen molar-refractivity contribution in [2.75, 3.05) is 25.6 Å². The monoisotopic (exact) mass is 547 g/mol. The third-order valence-corrected chi connectivity index (χ3v) is 8.54. The molecule has 0 spiro atoms. The van der Waals surface area contributed by atoms with Crippen LogP contribution in [-0.4, -0.2) is 34.9 Å². The van der Waals surface area contributed by atoms with Crippen LogP contribution in [0.3, 0.4) is 0 Å². The zero-order valence-corrected chi connectivity index (χ0v) is 22.2. The third kappa shape index (κ3) is 4.15. The molecular weight excluding hydrogens is 522 g/mol. The number of anilines is 1. The fraction of sp³-hybridized carbons (Fsp3) is 0.179. The Hall–Kier alpha value is -4.82. The number of nitrogens with two attached hydrogens (primary N) is 1. The number of phenolic OH excluding ortho intramolecular Hbond substituents is 1. The van der Waals surface area contributed by atoms with Crippen LogP contribution in [0.5, 0.6) is 23.0 Å². The molecule has 1 atom stereocenters. The highest BCUT2D eigenvalue weighted by atomic mass is 32.2. The molecule has 3 aromatic rings. The molecule has 0 amide bonds. The van der Waals surface area contributed by atoms with Gasteiger partial charge in [0, 0.05) is 5.56 Å². The molecule has 2 aliphatic rings. The highest BCUT2D eigenvalue weighted by molar-refractivity contribution is 7.96. The van der Waals surface area contributed by atoms with Gasteiger partial charge in [0.2, 0.25) is 11.6 Å². The largest absolute Gasteiger partial charge is 0.502 e. The molecule has 3 N–H and O–H groups in total. The molecule has 0 radical (unpaired) electrons. The Morgan fingerprint density at radius 3 is 2.36 bits per heavy atom. The minimum absolute atomic E-state index is 0.0106. The van der Waals surface area contributed by atoms with Gasteiger partial charge in [-0.05, 0) is 47.5 Å². The van der Waals surface area contributed by atoms with Crippen molar-refractivity contribution in [2.24, 2.45) is 5.73 Å². The van der Waals surface area contributed by atoms with Gasteiger partial charge in [-0.15, -0.1) is 0 Å². The van der Waals surface area contributed by atoms with Crippen LogP contribution in [0.2, 0.25) is 0 Å². The van der Waals surface area contributed by atoms with Crippen molar-refractivity contribution in [3.05, 3.63) is 93.7 Å². The van der Waals surface area contributed by atoms with Gasteiger partial charge in [-0.3, -0.25) is 4.31 Å². The first kappa shape index (κ1) is 25.8. The van der Waals surface area contributed by atoms with E-state index < -0.39 is 15.9 Å². The molecule has 39 heavy (non-hydrogen) atoms. The summed E-state index contributed by atoms with van der Waals surface area (Å²) in [6, 6.07) is 18.9. The molecule has 5 rings (SSSR count). The molecular formula is C28H25N3O7S. The molecule has 0 bridgehead atoms. The minimum Gasteiger partial charge on any atom is -0.502 e. The molecule has 11 heteroatoms. The summed E-state index contributed by atoms with van der Waals surface area (Å²) in [5, 5.41) is 20.6. The molecule has 2 heterocycles. The number of hydrogen-bond acceptors (Lipinski definition) is 9. The second-order valence-electron chi connectivity index (χ2n) is 8.77. The van der Waals surface area contributed by atoms with Crippen LogP contribution in [0.1, 0.15) is 22.6 Å². The minimum atomic E-state index is -4.31. The Morgan fingerprint density at radius 1 is 1.03 bits per heavy atom.